The van der Waals surface area contributed by atoms with Gasteiger partial charge < -0.3 is 15.0 Å². The molecule has 0 unspecified atom stereocenters. The van der Waals surface area contributed by atoms with Crippen LogP contribution in [0.2, 0.25) is 0 Å². The highest BCUT2D eigenvalue weighted by atomic mass is 32.2. The quantitative estimate of drug-likeness (QED) is 0.414. The van der Waals surface area contributed by atoms with Crippen molar-refractivity contribution in [1.29, 1.82) is 0 Å². The van der Waals surface area contributed by atoms with E-state index in [1.807, 2.05) is 4.90 Å². The minimum absolute atomic E-state index is 0.0425. The highest BCUT2D eigenvalue weighted by Gasteiger charge is 2.22. The summed E-state index contributed by atoms with van der Waals surface area (Å²) in [4.78, 5) is 18.9. The molecular weight excluding hydrogens is 470 g/mol. The van der Waals surface area contributed by atoms with Gasteiger partial charge in [0.2, 0.25) is 11.9 Å². The van der Waals surface area contributed by atoms with Crippen LogP contribution in [0.1, 0.15) is 0 Å². The molecule has 4 aromatic rings. The number of hydrogen-bond acceptors (Lipinski definition) is 8. The molecule has 8 nitrogen and oxygen atoms in total. The van der Waals surface area contributed by atoms with Crippen molar-refractivity contribution in [1.82, 2.24) is 19.7 Å². The number of nitrogens with one attached hydrogen (secondary N) is 1. The molecule has 1 aliphatic heterocycles. The van der Waals surface area contributed by atoms with Gasteiger partial charge >= 0.3 is 0 Å². The molecule has 2 aromatic heterocycles. The number of halogens is 2. The summed E-state index contributed by atoms with van der Waals surface area (Å²) in [5.74, 6) is -0.412. The molecule has 0 bridgehead atoms. The third-order valence-corrected chi connectivity index (χ3v) is 6.77. The zero-order valence-electron chi connectivity index (χ0n) is 17.2. The molecule has 1 fully saturated rings. The number of hydrogen-bond donors (Lipinski definition) is 1. The van der Waals surface area contributed by atoms with Gasteiger partial charge in [-0.15, -0.1) is 10.2 Å². The van der Waals surface area contributed by atoms with E-state index in [0.29, 0.717) is 58.4 Å². The molecule has 0 atom stereocenters. The summed E-state index contributed by atoms with van der Waals surface area (Å²) in [6, 6.07) is 10.4. The number of carbonyl (C=O) groups is 1. The van der Waals surface area contributed by atoms with Gasteiger partial charge in [-0.1, -0.05) is 29.2 Å². The highest BCUT2D eigenvalue weighted by molar-refractivity contribution is 7.99. The van der Waals surface area contributed by atoms with Gasteiger partial charge in [-0.05, 0) is 36.4 Å². The zero-order chi connectivity index (χ0) is 22.8. The second-order valence-corrected chi connectivity index (χ2v) is 9.14. The van der Waals surface area contributed by atoms with Crippen molar-refractivity contribution < 1.29 is 18.3 Å². The summed E-state index contributed by atoms with van der Waals surface area (Å²) >= 11 is 2.38. The van der Waals surface area contributed by atoms with Crippen molar-refractivity contribution in [2.75, 3.05) is 42.3 Å². The maximum Gasteiger partial charge on any atom is 0.236 e. The van der Waals surface area contributed by atoms with E-state index in [9.17, 15) is 13.6 Å². The van der Waals surface area contributed by atoms with Crippen molar-refractivity contribution in [3.63, 3.8) is 0 Å². The second kappa shape index (κ2) is 9.41. The SMILES string of the molecule is O=C(CSc1nnc(N2CCOCC2)n1-c1cccc(F)c1)Nc1nc2ccc(F)cc2s1. The van der Waals surface area contributed by atoms with Crippen LogP contribution in [0.3, 0.4) is 0 Å². The minimum atomic E-state index is -0.380. The van der Waals surface area contributed by atoms with Gasteiger partial charge in [0.05, 0.1) is 34.9 Å². The fourth-order valence-corrected chi connectivity index (χ4v) is 5.06. The van der Waals surface area contributed by atoms with Crippen LogP contribution >= 0.6 is 23.1 Å². The Bertz CT molecular complexity index is 1310. The first-order valence-electron chi connectivity index (χ1n) is 10.1. The number of rotatable bonds is 6. The molecule has 12 heteroatoms. The first-order valence-corrected chi connectivity index (χ1v) is 11.9. The zero-order valence-corrected chi connectivity index (χ0v) is 18.8. The van der Waals surface area contributed by atoms with Gasteiger partial charge in [-0.25, -0.2) is 13.8 Å². The first-order chi connectivity index (χ1) is 16.1. The summed E-state index contributed by atoms with van der Waals surface area (Å²) in [5.41, 5.74) is 1.18. The lowest BCUT2D eigenvalue weighted by Crippen LogP contribution is -2.37. The monoisotopic (exact) mass is 488 g/mol. The summed E-state index contributed by atoms with van der Waals surface area (Å²) in [7, 11) is 0. The lowest BCUT2D eigenvalue weighted by molar-refractivity contribution is -0.113. The molecule has 0 saturated carbocycles. The van der Waals surface area contributed by atoms with E-state index < -0.39 is 0 Å². The molecule has 3 heterocycles. The predicted molar refractivity (Wildman–Crippen MR) is 123 cm³/mol. The third-order valence-electron chi connectivity index (χ3n) is 4.91. The second-order valence-electron chi connectivity index (χ2n) is 7.17. The smallest absolute Gasteiger partial charge is 0.236 e. The molecule has 1 amide bonds. The number of morpholine rings is 1. The fourth-order valence-electron chi connectivity index (χ4n) is 3.40. The fraction of sp³-hybridized carbons (Fsp3) is 0.238. The molecule has 170 valence electrons. The van der Waals surface area contributed by atoms with Gasteiger partial charge in [0.15, 0.2) is 10.3 Å². The molecule has 0 aliphatic carbocycles. The Balaban J connectivity index is 1.35. The van der Waals surface area contributed by atoms with Crippen LogP contribution in [0.4, 0.5) is 19.9 Å². The van der Waals surface area contributed by atoms with Crippen molar-refractivity contribution >= 4 is 50.3 Å². The molecule has 2 aromatic carbocycles. The molecule has 1 N–H and O–H groups in total. The summed E-state index contributed by atoms with van der Waals surface area (Å²) in [6.07, 6.45) is 0. The van der Waals surface area contributed by atoms with Crippen LogP contribution in [0.15, 0.2) is 47.6 Å². The highest BCUT2D eigenvalue weighted by Crippen LogP contribution is 2.29. The van der Waals surface area contributed by atoms with E-state index in [1.54, 1.807) is 22.8 Å². The van der Waals surface area contributed by atoms with Crippen molar-refractivity contribution in [3.8, 4) is 5.69 Å². The molecule has 1 aliphatic rings. The minimum Gasteiger partial charge on any atom is -0.378 e. The van der Waals surface area contributed by atoms with E-state index >= 15 is 0 Å². The van der Waals surface area contributed by atoms with Gasteiger partial charge in [-0.3, -0.25) is 9.36 Å². The lowest BCUT2D eigenvalue weighted by Gasteiger charge is -2.27. The van der Waals surface area contributed by atoms with Crippen molar-refractivity contribution in [2.45, 2.75) is 5.16 Å². The Hall–Kier alpha value is -3.09. The van der Waals surface area contributed by atoms with Crippen LogP contribution in [0.5, 0.6) is 0 Å². The largest absolute Gasteiger partial charge is 0.378 e. The number of ether oxygens (including phenoxy) is 1. The molecular formula is C21H18F2N6O2S2. The Morgan fingerprint density at radius 2 is 1.94 bits per heavy atom. The number of thioether (sulfide) groups is 1. The average molecular weight is 489 g/mol. The molecule has 33 heavy (non-hydrogen) atoms. The van der Waals surface area contributed by atoms with Gasteiger partial charge in [0.25, 0.3) is 0 Å². The van der Waals surface area contributed by atoms with Crippen LogP contribution in [0.25, 0.3) is 15.9 Å². The lowest BCUT2D eigenvalue weighted by atomic mass is 10.3. The summed E-state index contributed by atoms with van der Waals surface area (Å²) in [5, 5.41) is 12.2. The number of fused-ring (bicyclic) bond motifs is 1. The number of nitrogens with zero attached hydrogens (tertiary/aromatic N) is 5. The van der Waals surface area contributed by atoms with Crippen LogP contribution in [-0.2, 0) is 9.53 Å². The molecule has 1 saturated heterocycles. The Kier molecular flexibility index (Phi) is 6.20. The molecule has 0 radical (unpaired) electrons. The number of benzene rings is 2. The van der Waals surface area contributed by atoms with Crippen LogP contribution < -0.4 is 10.2 Å². The first kappa shape index (κ1) is 21.7. The number of amides is 1. The predicted octanol–water partition coefficient (Wildman–Crippen LogP) is 3.72. The maximum absolute atomic E-state index is 13.9. The van der Waals surface area contributed by atoms with E-state index in [4.69, 9.17) is 4.74 Å². The summed E-state index contributed by atoms with van der Waals surface area (Å²) in [6.45, 7) is 2.40. The number of carbonyl (C=O) groups excluding carboxylic acids is 1. The van der Waals surface area contributed by atoms with Gasteiger partial charge in [-0.2, -0.15) is 0 Å². The van der Waals surface area contributed by atoms with Crippen molar-refractivity contribution in [2.24, 2.45) is 0 Å². The molecule has 0 spiro atoms. The number of thiazole rings is 1. The van der Waals surface area contributed by atoms with E-state index in [1.165, 1.54) is 47.4 Å². The van der Waals surface area contributed by atoms with Crippen LogP contribution in [-0.4, -0.2) is 57.7 Å². The number of aromatic nitrogens is 4. The standard InChI is InChI=1S/C21H18F2N6O2S2/c22-13-2-1-3-15(10-13)29-20(28-6-8-31-9-7-28)26-27-21(29)32-12-18(30)25-19-24-16-5-4-14(23)11-17(16)33-19/h1-5,10-11H,6-9,12H2,(H,24,25,30). The normalized spacial score (nSPS) is 14.1. The topological polar surface area (TPSA) is 85.2 Å². The Morgan fingerprint density at radius 1 is 1.12 bits per heavy atom. The van der Waals surface area contributed by atoms with E-state index in [-0.39, 0.29) is 23.3 Å². The van der Waals surface area contributed by atoms with E-state index in [0.717, 1.165) is 0 Å². The van der Waals surface area contributed by atoms with E-state index in [2.05, 4.69) is 20.5 Å². The van der Waals surface area contributed by atoms with Crippen molar-refractivity contribution in [3.05, 3.63) is 54.1 Å². The Labute approximate surface area is 195 Å². The third kappa shape index (κ3) is 4.82. The van der Waals surface area contributed by atoms with Crippen LogP contribution in [0, 0.1) is 11.6 Å². The average Bonchev–Trinajstić information content (AvgIpc) is 3.41. The maximum atomic E-state index is 13.9. The number of anilines is 2. The van der Waals surface area contributed by atoms with Gasteiger partial charge in [0, 0.05) is 13.1 Å². The molecule has 5 rings (SSSR count). The summed E-state index contributed by atoms with van der Waals surface area (Å²) < 4.78 is 35.1. The van der Waals surface area contributed by atoms with Gasteiger partial charge in [0.1, 0.15) is 11.6 Å². The Morgan fingerprint density at radius 3 is 2.76 bits per heavy atom.